The third-order valence-electron chi connectivity index (χ3n) is 22.7. The van der Waals surface area contributed by atoms with Gasteiger partial charge in [0, 0.05) is 22.5 Å². The quantitative estimate of drug-likeness (QED) is 0.0903. The van der Waals surface area contributed by atoms with Crippen LogP contribution in [0.4, 0.5) is 26.3 Å². The highest BCUT2D eigenvalue weighted by molar-refractivity contribution is 6.32. The Kier molecular flexibility index (Phi) is 15.8. The van der Waals surface area contributed by atoms with Crippen LogP contribution in [0.2, 0.25) is 0 Å². The van der Waals surface area contributed by atoms with Crippen molar-refractivity contribution in [2.75, 3.05) is 0 Å². The first-order valence-electron chi connectivity index (χ1n) is 37.9. The molecule has 0 aliphatic heterocycles. The second kappa shape index (κ2) is 26.6. The van der Waals surface area contributed by atoms with Crippen LogP contribution in [0.1, 0.15) is 11.1 Å². The molecule has 10 heteroatoms. The number of benzene rings is 19. The third kappa shape index (κ3) is 11.5. The second-order valence-electron chi connectivity index (χ2n) is 29.3. The van der Waals surface area contributed by atoms with Gasteiger partial charge in [0.05, 0.1) is 33.2 Å². The monoisotopic (exact) mass is 1480 g/mol. The molecule has 114 heavy (non-hydrogen) atoms. The molecular formula is C104H62F6N4. The summed E-state index contributed by atoms with van der Waals surface area (Å²) in [5, 5.41) is 13.3. The Morgan fingerprint density at radius 2 is 0.491 bits per heavy atom. The van der Waals surface area contributed by atoms with E-state index < -0.39 is 23.5 Å². The van der Waals surface area contributed by atoms with Crippen molar-refractivity contribution in [3.63, 3.8) is 0 Å². The van der Waals surface area contributed by atoms with Gasteiger partial charge in [-0.3, -0.25) is 9.13 Å². The van der Waals surface area contributed by atoms with Gasteiger partial charge in [0.2, 0.25) is 0 Å². The van der Waals surface area contributed by atoms with Gasteiger partial charge in [0.1, 0.15) is 11.6 Å². The van der Waals surface area contributed by atoms with Crippen molar-refractivity contribution >= 4 is 86.7 Å². The van der Waals surface area contributed by atoms with Gasteiger partial charge in [0.15, 0.2) is 0 Å². The lowest BCUT2D eigenvalue weighted by Gasteiger charge is -2.22. The minimum atomic E-state index is -4.55. The van der Waals surface area contributed by atoms with E-state index in [9.17, 15) is 26.3 Å². The summed E-state index contributed by atoms with van der Waals surface area (Å²) in [7, 11) is 0. The molecule has 21 aromatic rings. The van der Waals surface area contributed by atoms with E-state index in [-0.39, 0.29) is 11.0 Å². The van der Waals surface area contributed by atoms with E-state index in [4.69, 9.17) is 9.97 Å². The van der Waals surface area contributed by atoms with Gasteiger partial charge < -0.3 is 0 Å². The van der Waals surface area contributed by atoms with E-state index in [0.29, 0.717) is 22.7 Å². The van der Waals surface area contributed by atoms with E-state index in [0.717, 1.165) is 195 Å². The SMILES string of the molecule is FC(F)(F)c1ccc2c(c1)nc(-c1cccc(-c3ccc(-c4cc(-c5ccccc5)c5ccc6c(-c7ccccc7)cc(-c7cccc(-c8ccc9c(-c%10cccc(-c%11nc%12cc(C(F)(F)F)ccc%12n%11-c%11ccccc%11)c%10)cc%10c%11ccccc%11c(-c%11ccccc%11)cc%10c9c8)c7)c7ccc4c5c67)cc3)c1)n2-c1ccccc1. The zero-order valence-electron chi connectivity index (χ0n) is 60.9. The Morgan fingerprint density at radius 3 is 0.956 bits per heavy atom. The molecule has 0 bridgehead atoms. The van der Waals surface area contributed by atoms with Crippen molar-refractivity contribution in [3.05, 3.63) is 387 Å². The molecule has 21 rings (SSSR count). The van der Waals surface area contributed by atoms with Crippen LogP contribution in [0.15, 0.2) is 376 Å². The molecular weight excluding hydrogens is 1420 g/mol. The predicted molar refractivity (Wildman–Crippen MR) is 456 cm³/mol. The first-order chi connectivity index (χ1) is 55.8. The van der Waals surface area contributed by atoms with Crippen LogP contribution in [0, 0.1) is 0 Å². The fraction of sp³-hybridized carbons (Fsp3) is 0.0192. The number of hydrogen-bond donors (Lipinski definition) is 0. The molecule has 0 N–H and O–H groups in total. The average Bonchev–Trinajstić information content (AvgIpc) is 0.895. The second-order valence-corrected chi connectivity index (χ2v) is 29.3. The van der Waals surface area contributed by atoms with Gasteiger partial charge in [0.25, 0.3) is 0 Å². The molecule has 0 fully saturated rings. The summed E-state index contributed by atoms with van der Waals surface area (Å²) in [6, 6.07) is 127. The largest absolute Gasteiger partial charge is 0.416 e. The average molecular weight is 1480 g/mol. The van der Waals surface area contributed by atoms with Crippen molar-refractivity contribution in [3.8, 4) is 123 Å². The molecule has 2 aromatic heterocycles. The van der Waals surface area contributed by atoms with Crippen LogP contribution >= 0.6 is 0 Å². The van der Waals surface area contributed by atoms with Gasteiger partial charge >= 0.3 is 12.4 Å². The van der Waals surface area contributed by atoms with Crippen LogP contribution in [-0.4, -0.2) is 19.1 Å². The standard InChI is InChI=1S/C104H62F6N4/c105-103(106,107)75-44-51-97-95(57-75)111-101(113(97)77-33-12-4-13-34-77)73-31-19-27-68(54-73)63-39-41-67(42-40-63)89-59-87(65-23-8-2-9-24-65)82-47-48-83-88(66-25-10-3-11-26-66)60-91(85-50-49-84(89)99(82)100(83)85)71-29-18-28-69(53-71)70-43-46-81-90(62-93-80-38-17-16-37-79(80)86(61-94(93)92(81)56-70)64-21-6-1-7-22-64)72-30-20-32-74(55-72)102-112-96-58-76(104(108,109)110)45-52-98(96)114(102)78-35-14-5-15-36-78/h1-62H. The summed E-state index contributed by atoms with van der Waals surface area (Å²) in [5.41, 5.74) is 20.0. The van der Waals surface area contributed by atoms with Crippen LogP contribution in [-0.2, 0) is 12.4 Å². The summed E-state index contributed by atoms with van der Waals surface area (Å²) < 4.78 is 89.3. The lowest BCUT2D eigenvalue weighted by atomic mass is 9.81. The topological polar surface area (TPSA) is 35.6 Å². The van der Waals surface area contributed by atoms with E-state index >= 15 is 0 Å². The normalized spacial score (nSPS) is 12.1. The molecule has 0 radical (unpaired) electrons. The highest BCUT2D eigenvalue weighted by atomic mass is 19.4. The van der Waals surface area contributed by atoms with Crippen molar-refractivity contribution in [2.45, 2.75) is 12.4 Å². The smallest absolute Gasteiger partial charge is 0.292 e. The summed E-state index contributed by atoms with van der Waals surface area (Å²) in [6.45, 7) is 0. The molecule has 0 saturated carbocycles. The Hall–Kier alpha value is -14.5. The van der Waals surface area contributed by atoms with Gasteiger partial charge in [-0.15, -0.1) is 0 Å². The van der Waals surface area contributed by atoms with Crippen LogP contribution < -0.4 is 0 Å². The summed E-state index contributed by atoms with van der Waals surface area (Å²) in [4.78, 5) is 9.90. The number of imidazole rings is 2. The number of rotatable bonds is 12. The lowest BCUT2D eigenvalue weighted by molar-refractivity contribution is -0.138. The fourth-order valence-electron chi connectivity index (χ4n) is 17.4. The molecule has 0 atom stereocenters. The molecule has 4 nitrogen and oxygen atoms in total. The molecule has 540 valence electrons. The Morgan fingerprint density at radius 1 is 0.193 bits per heavy atom. The first-order valence-corrected chi connectivity index (χ1v) is 37.9. The number of hydrogen-bond acceptors (Lipinski definition) is 2. The number of para-hydroxylation sites is 2. The van der Waals surface area contributed by atoms with Gasteiger partial charge in [-0.1, -0.05) is 267 Å². The maximum atomic E-state index is 14.3. The van der Waals surface area contributed by atoms with Gasteiger partial charge in [-0.25, -0.2) is 9.97 Å². The van der Waals surface area contributed by atoms with Crippen molar-refractivity contribution in [2.24, 2.45) is 0 Å². The Labute approximate surface area is 651 Å². The van der Waals surface area contributed by atoms with Crippen molar-refractivity contribution in [1.29, 1.82) is 0 Å². The molecule has 0 unspecified atom stereocenters. The fourth-order valence-corrected chi connectivity index (χ4v) is 17.4. The van der Waals surface area contributed by atoms with Gasteiger partial charge in [-0.2, -0.15) is 26.3 Å². The van der Waals surface area contributed by atoms with Gasteiger partial charge in [-0.05, 0) is 263 Å². The maximum absolute atomic E-state index is 14.3. The van der Waals surface area contributed by atoms with E-state index in [1.54, 1.807) is 0 Å². The summed E-state index contributed by atoms with van der Waals surface area (Å²) >= 11 is 0. The zero-order chi connectivity index (χ0) is 76.5. The molecule has 0 amide bonds. The molecule has 0 aliphatic rings. The van der Waals surface area contributed by atoms with Crippen molar-refractivity contribution in [1.82, 2.24) is 19.1 Å². The first kappa shape index (κ1) is 67.6. The van der Waals surface area contributed by atoms with E-state index in [1.165, 1.54) is 17.5 Å². The third-order valence-corrected chi connectivity index (χ3v) is 22.7. The highest BCUT2D eigenvalue weighted by Crippen LogP contribution is 2.51. The Bertz CT molecular complexity index is 7400. The highest BCUT2D eigenvalue weighted by Gasteiger charge is 2.33. The number of aromatic nitrogens is 4. The number of halogens is 6. The van der Waals surface area contributed by atoms with Crippen LogP contribution in [0.25, 0.3) is 210 Å². The molecule has 0 saturated heterocycles. The molecule has 0 spiro atoms. The minimum Gasteiger partial charge on any atom is -0.292 e. The molecule has 0 aliphatic carbocycles. The zero-order valence-corrected chi connectivity index (χ0v) is 60.9. The molecule has 2 heterocycles. The predicted octanol–water partition coefficient (Wildman–Crippen LogP) is 29.4. The Balaban J connectivity index is 0.719. The van der Waals surface area contributed by atoms with Crippen molar-refractivity contribution < 1.29 is 26.3 Å². The summed E-state index contributed by atoms with van der Waals surface area (Å²) in [5.74, 6) is 1.06. The number of alkyl halides is 6. The minimum absolute atomic E-state index is 0.245. The number of nitrogens with zero attached hydrogens (tertiary/aromatic N) is 4. The maximum Gasteiger partial charge on any atom is 0.416 e. The van der Waals surface area contributed by atoms with E-state index in [1.807, 2.05) is 100 Å². The lowest BCUT2D eigenvalue weighted by Crippen LogP contribution is -2.04. The summed E-state index contributed by atoms with van der Waals surface area (Å²) in [6.07, 6.45) is -9.07. The molecule has 19 aromatic carbocycles. The number of fused-ring (bicyclic) bond motifs is 7. The van der Waals surface area contributed by atoms with Crippen LogP contribution in [0.3, 0.4) is 0 Å². The van der Waals surface area contributed by atoms with E-state index in [2.05, 4.69) is 249 Å². The van der Waals surface area contributed by atoms with Crippen LogP contribution in [0.5, 0.6) is 0 Å².